The number of ether oxygens (including phenoxy) is 2. The van der Waals surface area contributed by atoms with Crippen LogP contribution in [-0.2, 0) is 16.0 Å². The average Bonchev–Trinajstić information content (AvgIpc) is 2.73. The van der Waals surface area contributed by atoms with Gasteiger partial charge >= 0.3 is 0 Å². The maximum Gasteiger partial charge on any atom is 0.141 e. The standard InChI is InChI=1S/C10H20N4O2/c1-9(7-16-3)14-10(12-8-13-14)6-11-4-5-15-2/h8-9,11H,4-7H2,1-3H3. The van der Waals surface area contributed by atoms with E-state index in [1.165, 1.54) is 0 Å². The molecule has 0 aromatic carbocycles. The van der Waals surface area contributed by atoms with Gasteiger partial charge in [-0.15, -0.1) is 0 Å². The number of nitrogens with one attached hydrogen (secondary N) is 1. The van der Waals surface area contributed by atoms with Crippen LogP contribution in [0.1, 0.15) is 18.8 Å². The van der Waals surface area contributed by atoms with Crippen molar-refractivity contribution in [1.29, 1.82) is 0 Å². The Kier molecular flexibility index (Phi) is 5.99. The molecule has 0 bridgehead atoms. The minimum absolute atomic E-state index is 0.201. The molecule has 0 saturated carbocycles. The second-order valence-corrected chi connectivity index (χ2v) is 3.59. The Balaban J connectivity index is 2.43. The number of nitrogens with zero attached hydrogens (tertiary/aromatic N) is 3. The van der Waals surface area contributed by atoms with Crippen LogP contribution in [0.15, 0.2) is 6.33 Å². The summed E-state index contributed by atoms with van der Waals surface area (Å²) in [6.07, 6.45) is 1.57. The van der Waals surface area contributed by atoms with Crippen LogP contribution in [0.2, 0.25) is 0 Å². The van der Waals surface area contributed by atoms with Crippen LogP contribution in [0.25, 0.3) is 0 Å². The fourth-order valence-electron chi connectivity index (χ4n) is 1.45. The van der Waals surface area contributed by atoms with E-state index in [-0.39, 0.29) is 6.04 Å². The van der Waals surface area contributed by atoms with Gasteiger partial charge in [-0.1, -0.05) is 0 Å². The smallest absolute Gasteiger partial charge is 0.141 e. The molecule has 6 nitrogen and oxygen atoms in total. The molecule has 0 aliphatic carbocycles. The SMILES string of the molecule is COCCNCc1ncnn1C(C)COC. The van der Waals surface area contributed by atoms with E-state index in [0.717, 1.165) is 12.4 Å². The highest BCUT2D eigenvalue weighted by Crippen LogP contribution is 2.06. The van der Waals surface area contributed by atoms with Crippen molar-refractivity contribution in [2.24, 2.45) is 0 Å². The van der Waals surface area contributed by atoms with E-state index >= 15 is 0 Å². The highest BCUT2D eigenvalue weighted by atomic mass is 16.5. The van der Waals surface area contributed by atoms with Crippen LogP contribution in [-0.4, -0.2) is 48.7 Å². The molecule has 92 valence electrons. The monoisotopic (exact) mass is 228 g/mol. The van der Waals surface area contributed by atoms with Crippen molar-refractivity contribution in [3.8, 4) is 0 Å². The highest BCUT2D eigenvalue weighted by Gasteiger charge is 2.10. The molecule has 1 rings (SSSR count). The van der Waals surface area contributed by atoms with Gasteiger partial charge in [0, 0.05) is 20.8 Å². The number of methoxy groups -OCH3 is 2. The Bertz CT molecular complexity index is 290. The molecule has 0 radical (unpaired) electrons. The van der Waals surface area contributed by atoms with Gasteiger partial charge in [0.25, 0.3) is 0 Å². The van der Waals surface area contributed by atoms with E-state index < -0.39 is 0 Å². The largest absolute Gasteiger partial charge is 0.383 e. The zero-order valence-corrected chi connectivity index (χ0v) is 10.1. The molecule has 1 unspecified atom stereocenters. The number of rotatable bonds is 8. The van der Waals surface area contributed by atoms with Gasteiger partial charge in [0.15, 0.2) is 0 Å². The van der Waals surface area contributed by atoms with Gasteiger partial charge in [-0.25, -0.2) is 9.67 Å². The minimum atomic E-state index is 0.201. The molecular weight excluding hydrogens is 208 g/mol. The Hall–Kier alpha value is -0.980. The van der Waals surface area contributed by atoms with E-state index in [2.05, 4.69) is 22.3 Å². The predicted octanol–water partition coefficient (Wildman–Crippen LogP) is 0.221. The van der Waals surface area contributed by atoms with Crippen LogP contribution in [0.5, 0.6) is 0 Å². The molecule has 0 amide bonds. The highest BCUT2D eigenvalue weighted by molar-refractivity contribution is 4.86. The van der Waals surface area contributed by atoms with Crippen molar-refractivity contribution < 1.29 is 9.47 Å². The van der Waals surface area contributed by atoms with Gasteiger partial charge in [-0.2, -0.15) is 5.10 Å². The summed E-state index contributed by atoms with van der Waals surface area (Å²) in [4.78, 5) is 4.21. The lowest BCUT2D eigenvalue weighted by Crippen LogP contribution is -2.23. The lowest BCUT2D eigenvalue weighted by Gasteiger charge is -2.13. The molecule has 1 heterocycles. The molecule has 6 heteroatoms. The number of aromatic nitrogens is 3. The van der Waals surface area contributed by atoms with Crippen molar-refractivity contribution in [3.63, 3.8) is 0 Å². The Morgan fingerprint density at radius 1 is 1.44 bits per heavy atom. The molecule has 1 aromatic rings. The molecule has 0 spiro atoms. The summed E-state index contributed by atoms with van der Waals surface area (Å²) in [5.74, 6) is 0.917. The van der Waals surface area contributed by atoms with Gasteiger partial charge in [-0.05, 0) is 6.92 Å². The first-order chi connectivity index (χ1) is 7.79. The summed E-state index contributed by atoms with van der Waals surface area (Å²) in [7, 11) is 3.37. The third kappa shape index (κ3) is 3.88. The van der Waals surface area contributed by atoms with E-state index in [1.54, 1.807) is 20.5 Å². The Morgan fingerprint density at radius 3 is 2.94 bits per heavy atom. The zero-order valence-electron chi connectivity index (χ0n) is 10.1. The molecule has 0 aliphatic rings. The maximum atomic E-state index is 5.10. The minimum Gasteiger partial charge on any atom is -0.383 e. The first-order valence-corrected chi connectivity index (χ1v) is 5.36. The lowest BCUT2D eigenvalue weighted by atomic mass is 10.3. The van der Waals surface area contributed by atoms with Crippen LogP contribution in [0, 0.1) is 0 Å². The summed E-state index contributed by atoms with van der Waals surface area (Å²) in [6.45, 7) is 4.88. The summed E-state index contributed by atoms with van der Waals surface area (Å²) in [6, 6.07) is 0.201. The van der Waals surface area contributed by atoms with Gasteiger partial charge in [-0.3, -0.25) is 0 Å². The van der Waals surface area contributed by atoms with Gasteiger partial charge < -0.3 is 14.8 Å². The van der Waals surface area contributed by atoms with Crippen LogP contribution < -0.4 is 5.32 Å². The second kappa shape index (κ2) is 7.32. The van der Waals surface area contributed by atoms with Crippen LogP contribution >= 0.6 is 0 Å². The first kappa shape index (κ1) is 13.1. The predicted molar refractivity (Wildman–Crippen MR) is 60.2 cm³/mol. The molecule has 0 aliphatic heterocycles. The van der Waals surface area contributed by atoms with Crippen LogP contribution in [0.3, 0.4) is 0 Å². The van der Waals surface area contributed by atoms with Crippen molar-refractivity contribution >= 4 is 0 Å². The third-order valence-corrected chi connectivity index (χ3v) is 2.24. The summed E-state index contributed by atoms with van der Waals surface area (Å²) >= 11 is 0. The Morgan fingerprint density at radius 2 is 2.25 bits per heavy atom. The van der Waals surface area contributed by atoms with E-state index in [0.29, 0.717) is 19.8 Å². The molecule has 1 atom stereocenters. The average molecular weight is 228 g/mol. The third-order valence-electron chi connectivity index (χ3n) is 2.24. The fourth-order valence-corrected chi connectivity index (χ4v) is 1.45. The van der Waals surface area contributed by atoms with Crippen LogP contribution in [0.4, 0.5) is 0 Å². The molecule has 1 aromatic heterocycles. The topological polar surface area (TPSA) is 61.2 Å². The molecular formula is C10H20N4O2. The second-order valence-electron chi connectivity index (χ2n) is 3.59. The number of hydrogen-bond donors (Lipinski definition) is 1. The van der Waals surface area contributed by atoms with E-state index in [4.69, 9.17) is 9.47 Å². The molecule has 0 saturated heterocycles. The van der Waals surface area contributed by atoms with E-state index in [1.807, 2.05) is 4.68 Å². The maximum absolute atomic E-state index is 5.10. The van der Waals surface area contributed by atoms with Gasteiger partial charge in [0.2, 0.25) is 0 Å². The zero-order chi connectivity index (χ0) is 11.8. The van der Waals surface area contributed by atoms with Crippen molar-refractivity contribution in [3.05, 3.63) is 12.2 Å². The first-order valence-electron chi connectivity index (χ1n) is 5.36. The molecule has 1 N–H and O–H groups in total. The molecule has 16 heavy (non-hydrogen) atoms. The van der Waals surface area contributed by atoms with E-state index in [9.17, 15) is 0 Å². The summed E-state index contributed by atoms with van der Waals surface area (Å²) < 4.78 is 11.9. The fraction of sp³-hybridized carbons (Fsp3) is 0.800. The number of hydrogen-bond acceptors (Lipinski definition) is 5. The summed E-state index contributed by atoms with van der Waals surface area (Å²) in [5.41, 5.74) is 0. The molecule has 0 fully saturated rings. The van der Waals surface area contributed by atoms with Crippen molar-refractivity contribution in [2.75, 3.05) is 34.0 Å². The normalized spacial score (nSPS) is 12.9. The van der Waals surface area contributed by atoms with Crippen molar-refractivity contribution in [2.45, 2.75) is 19.5 Å². The van der Waals surface area contributed by atoms with Gasteiger partial charge in [0.05, 0.1) is 25.8 Å². The van der Waals surface area contributed by atoms with Gasteiger partial charge in [0.1, 0.15) is 12.2 Å². The quantitative estimate of drug-likeness (QED) is 0.645. The van der Waals surface area contributed by atoms with Crippen molar-refractivity contribution in [1.82, 2.24) is 20.1 Å². The lowest BCUT2D eigenvalue weighted by molar-refractivity contribution is 0.154. The summed E-state index contributed by atoms with van der Waals surface area (Å²) in [5, 5.41) is 7.42. The Labute approximate surface area is 96.0 Å².